The highest BCUT2D eigenvalue weighted by molar-refractivity contribution is 8.00. The quantitative estimate of drug-likeness (QED) is 0.552. The maximum absolute atomic E-state index is 5.76. The normalized spacial score (nSPS) is 12.8. The van der Waals surface area contributed by atoms with Crippen LogP contribution in [0.3, 0.4) is 0 Å². The average molecular weight is 182 g/mol. The number of nitrogens with two attached hydrogens (primary N) is 2. The molecule has 0 aliphatic rings. The van der Waals surface area contributed by atoms with Crippen molar-refractivity contribution < 1.29 is 0 Å². The first-order chi connectivity index (χ1) is 5.74. The molecule has 3 heteroatoms. The summed E-state index contributed by atoms with van der Waals surface area (Å²) in [6.45, 7) is 2.77. The van der Waals surface area contributed by atoms with Crippen LogP contribution in [0, 0.1) is 0 Å². The van der Waals surface area contributed by atoms with Crippen LogP contribution < -0.4 is 11.5 Å². The maximum atomic E-state index is 5.76. The third-order valence-corrected chi connectivity index (χ3v) is 2.80. The van der Waals surface area contributed by atoms with E-state index < -0.39 is 0 Å². The molecule has 0 radical (unpaired) electrons. The van der Waals surface area contributed by atoms with Crippen LogP contribution in [0.15, 0.2) is 29.2 Å². The number of para-hydroxylation sites is 1. The first-order valence-corrected chi connectivity index (χ1v) is 4.83. The molecule has 1 rings (SSSR count). The molecule has 0 fully saturated rings. The van der Waals surface area contributed by atoms with Gasteiger partial charge < -0.3 is 11.5 Å². The predicted octanol–water partition coefficient (Wildman–Crippen LogP) is 1.71. The number of nitrogen functional groups attached to an aromatic ring is 1. The first-order valence-electron chi connectivity index (χ1n) is 3.95. The van der Waals surface area contributed by atoms with Crippen molar-refractivity contribution in [1.82, 2.24) is 0 Å². The van der Waals surface area contributed by atoms with Crippen LogP contribution >= 0.6 is 11.8 Å². The molecule has 0 aromatic heterocycles. The summed E-state index contributed by atoms with van der Waals surface area (Å²) >= 11 is 1.72. The third kappa shape index (κ3) is 2.43. The minimum atomic E-state index is 0.426. The van der Waals surface area contributed by atoms with E-state index in [1.807, 2.05) is 24.3 Å². The Kier molecular flexibility index (Phi) is 3.44. The van der Waals surface area contributed by atoms with Crippen LogP contribution in [0.5, 0.6) is 0 Å². The molecule has 0 heterocycles. The second kappa shape index (κ2) is 4.38. The van der Waals surface area contributed by atoms with Gasteiger partial charge >= 0.3 is 0 Å². The smallest absolute Gasteiger partial charge is 0.0452 e. The van der Waals surface area contributed by atoms with Gasteiger partial charge in [-0.1, -0.05) is 19.1 Å². The third-order valence-electron chi connectivity index (χ3n) is 1.58. The lowest BCUT2D eigenvalue weighted by atomic mass is 10.3. The lowest BCUT2D eigenvalue weighted by Gasteiger charge is -2.09. The molecule has 0 aliphatic heterocycles. The van der Waals surface area contributed by atoms with Crippen molar-refractivity contribution >= 4 is 17.4 Å². The van der Waals surface area contributed by atoms with Crippen molar-refractivity contribution in [2.45, 2.75) is 17.1 Å². The first kappa shape index (κ1) is 9.42. The Morgan fingerprint density at radius 2 is 2.08 bits per heavy atom. The highest BCUT2D eigenvalue weighted by Gasteiger charge is 2.03. The molecule has 0 bridgehead atoms. The molecule has 1 atom stereocenters. The summed E-state index contributed by atoms with van der Waals surface area (Å²) < 4.78 is 0. The van der Waals surface area contributed by atoms with Crippen LogP contribution in [-0.4, -0.2) is 11.8 Å². The van der Waals surface area contributed by atoms with Gasteiger partial charge in [-0.2, -0.15) is 0 Å². The molecule has 66 valence electrons. The summed E-state index contributed by atoms with van der Waals surface area (Å²) in [5.74, 6) is 0. The SMILES string of the molecule is CC(CN)Sc1ccccc1N. The zero-order chi connectivity index (χ0) is 8.97. The van der Waals surface area contributed by atoms with Crippen LogP contribution in [0.4, 0.5) is 5.69 Å². The molecule has 12 heavy (non-hydrogen) atoms. The van der Waals surface area contributed by atoms with E-state index in [-0.39, 0.29) is 0 Å². The lowest BCUT2D eigenvalue weighted by molar-refractivity contribution is 0.951. The summed E-state index contributed by atoms with van der Waals surface area (Å²) in [7, 11) is 0. The summed E-state index contributed by atoms with van der Waals surface area (Å²) in [5.41, 5.74) is 12.1. The van der Waals surface area contributed by atoms with Crippen molar-refractivity contribution in [1.29, 1.82) is 0 Å². The van der Waals surface area contributed by atoms with Crippen molar-refractivity contribution in [3.63, 3.8) is 0 Å². The van der Waals surface area contributed by atoms with Crippen molar-refractivity contribution in [3.8, 4) is 0 Å². The van der Waals surface area contributed by atoms with E-state index in [1.54, 1.807) is 11.8 Å². The Labute approximate surface area is 77.3 Å². The fourth-order valence-corrected chi connectivity index (χ4v) is 1.74. The molecule has 1 unspecified atom stereocenters. The van der Waals surface area contributed by atoms with Crippen molar-refractivity contribution in [2.75, 3.05) is 12.3 Å². The number of hydrogen-bond acceptors (Lipinski definition) is 3. The number of thioether (sulfide) groups is 1. The Bertz CT molecular complexity index is 250. The molecule has 0 spiro atoms. The van der Waals surface area contributed by atoms with Crippen LogP contribution in [0.2, 0.25) is 0 Å². The summed E-state index contributed by atoms with van der Waals surface area (Å²) in [4.78, 5) is 1.12. The van der Waals surface area contributed by atoms with Gasteiger partial charge in [0.1, 0.15) is 0 Å². The second-order valence-electron chi connectivity index (χ2n) is 2.70. The number of rotatable bonds is 3. The zero-order valence-electron chi connectivity index (χ0n) is 7.16. The highest BCUT2D eigenvalue weighted by Crippen LogP contribution is 2.27. The molecule has 1 aromatic carbocycles. The largest absolute Gasteiger partial charge is 0.398 e. The highest BCUT2D eigenvalue weighted by atomic mass is 32.2. The molecule has 2 nitrogen and oxygen atoms in total. The molecule has 0 saturated heterocycles. The maximum Gasteiger partial charge on any atom is 0.0452 e. The minimum Gasteiger partial charge on any atom is -0.398 e. The Hall–Kier alpha value is -0.670. The second-order valence-corrected chi connectivity index (χ2v) is 4.18. The topological polar surface area (TPSA) is 52.0 Å². The van der Waals surface area contributed by atoms with Gasteiger partial charge in [0.25, 0.3) is 0 Å². The summed E-state index contributed by atoms with van der Waals surface area (Å²) in [6.07, 6.45) is 0. The fraction of sp³-hybridized carbons (Fsp3) is 0.333. The Morgan fingerprint density at radius 3 is 2.67 bits per heavy atom. The number of anilines is 1. The fourth-order valence-electron chi connectivity index (χ4n) is 0.853. The van der Waals surface area contributed by atoms with E-state index in [4.69, 9.17) is 11.5 Å². The van der Waals surface area contributed by atoms with Gasteiger partial charge in [0.05, 0.1) is 0 Å². The predicted molar refractivity (Wildman–Crippen MR) is 55.2 cm³/mol. The van der Waals surface area contributed by atoms with Gasteiger partial charge in [-0.05, 0) is 12.1 Å². The van der Waals surface area contributed by atoms with Crippen LogP contribution in [-0.2, 0) is 0 Å². The molecule has 0 saturated carbocycles. The van der Waals surface area contributed by atoms with Crippen LogP contribution in [0.1, 0.15) is 6.92 Å². The van der Waals surface area contributed by atoms with Gasteiger partial charge in [0, 0.05) is 22.4 Å². The molecule has 4 N–H and O–H groups in total. The van der Waals surface area contributed by atoms with E-state index in [1.165, 1.54) is 0 Å². The number of benzene rings is 1. The van der Waals surface area contributed by atoms with E-state index in [0.717, 1.165) is 10.6 Å². The standard InChI is InChI=1S/C9H14N2S/c1-7(6-10)12-9-5-3-2-4-8(9)11/h2-5,7H,6,10-11H2,1H3. The number of hydrogen-bond donors (Lipinski definition) is 2. The average Bonchev–Trinajstić information content (AvgIpc) is 2.09. The zero-order valence-corrected chi connectivity index (χ0v) is 7.97. The van der Waals surface area contributed by atoms with Gasteiger partial charge in [-0.15, -0.1) is 11.8 Å². The van der Waals surface area contributed by atoms with Gasteiger partial charge in [0.2, 0.25) is 0 Å². The van der Waals surface area contributed by atoms with E-state index in [0.29, 0.717) is 11.8 Å². The minimum absolute atomic E-state index is 0.426. The van der Waals surface area contributed by atoms with Gasteiger partial charge in [-0.25, -0.2) is 0 Å². The lowest BCUT2D eigenvalue weighted by Crippen LogP contribution is -2.12. The Morgan fingerprint density at radius 1 is 1.42 bits per heavy atom. The van der Waals surface area contributed by atoms with Gasteiger partial charge in [0.15, 0.2) is 0 Å². The molecular formula is C9H14N2S. The van der Waals surface area contributed by atoms with E-state index >= 15 is 0 Å². The van der Waals surface area contributed by atoms with Crippen LogP contribution in [0.25, 0.3) is 0 Å². The summed E-state index contributed by atoms with van der Waals surface area (Å²) in [6, 6.07) is 7.85. The van der Waals surface area contributed by atoms with E-state index in [9.17, 15) is 0 Å². The van der Waals surface area contributed by atoms with Crippen molar-refractivity contribution in [2.24, 2.45) is 5.73 Å². The summed E-state index contributed by atoms with van der Waals surface area (Å²) in [5, 5.41) is 0.426. The molecule has 1 aromatic rings. The monoisotopic (exact) mass is 182 g/mol. The Balaban J connectivity index is 2.69. The molecular weight excluding hydrogens is 168 g/mol. The molecule has 0 aliphatic carbocycles. The molecule has 0 amide bonds. The van der Waals surface area contributed by atoms with Gasteiger partial charge in [-0.3, -0.25) is 0 Å². The van der Waals surface area contributed by atoms with E-state index in [2.05, 4.69) is 6.92 Å². The van der Waals surface area contributed by atoms with Crippen molar-refractivity contribution in [3.05, 3.63) is 24.3 Å².